The first-order valence-corrected chi connectivity index (χ1v) is 9.62. The Morgan fingerprint density at radius 1 is 1.17 bits per heavy atom. The van der Waals surface area contributed by atoms with Gasteiger partial charge >= 0.3 is 6.09 Å². The zero-order chi connectivity index (χ0) is 21.2. The molecule has 1 saturated heterocycles. The molecular formula is C20H25F2N3O4. The number of piperidine rings is 1. The van der Waals surface area contributed by atoms with Gasteiger partial charge in [-0.15, -0.1) is 0 Å². The second kappa shape index (κ2) is 8.34. The standard InChI is InChI=1S/C20H25F2N3O4/c1-20(2,3)29-19(27)25-8-6-13(7-9-25)28-18-14(21)10-12(11-15(18)22)16-4-5-17(26)24-23-16/h10-11,13H,4-9H2,1-3H3,(H,24,26). The van der Waals surface area contributed by atoms with Crippen LogP contribution in [-0.2, 0) is 9.53 Å². The smallest absolute Gasteiger partial charge is 0.410 e. The van der Waals surface area contributed by atoms with E-state index in [0.717, 1.165) is 12.1 Å². The molecule has 1 fully saturated rings. The van der Waals surface area contributed by atoms with Crippen LogP contribution in [-0.4, -0.2) is 47.4 Å². The number of carbonyl (C=O) groups is 2. The molecular weight excluding hydrogens is 384 g/mol. The third-order valence-electron chi connectivity index (χ3n) is 4.61. The lowest BCUT2D eigenvalue weighted by atomic mass is 10.0. The van der Waals surface area contributed by atoms with Gasteiger partial charge < -0.3 is 14.4 Å². The first-order valence-electron chi connectivity index (χ1n) is 9.62. The SMILES string of the molecule is CC(C)(C)OC(=O)N1CCC(Oc2c(F)cc(C3=NNC(=O)CC3)cc2F)CC1. The first-order chi connectivity index (χ1) is 13.6. The highest BCUT2D eigenvalue weighted by atomic mass is 19.1. The molecule has 29 heavy (non-hydrogen) atoms. The molecule has 1 aromatic rings. The van der Waals surface area contributed by atoms with Gasteiger partial charge in [0.1, 0.15) is 11.7 Å². The van der Waals surface area contributed by atoms with Crippen molar-refractivity contribution in [3.63, 3.8) is 0 Å². The minimum atomic E-state index is -0.825. The van der Waals surface area contributed by atoms with E-state index in [4.69, 9.17) is 9.47 Å². The lowest BCUT2D eigenvalue weighted by molar-refractivity contribution is -0.121. The van der Waals surface area contributed by atoms with Crippen molar-refractivity contribution in [2.45, 2.75) is 58.2 Å². The Kier molecular flexibility index (Phi) is 6.04. The summed E-state index contributed by atoms with van der Waals surface area (Å²) in [5.74, 6) is -2.32. The molecule has 0 aromatic heterocycles. The van der Waals surface area contributed by atoms with Crippen LogP contribution < -0.4 is 10.2 Å². The van der Waals surface area contributed by atoms with E-state index in [0.29, 0.717) is 38.1 Å². The molecule has 0 atom stereocenters. The molecule has 9 heteroatoms. The Hall–Kier alpha value is -2.71. The molecule has 0 saturated carbocycles. The highest BCUT2D eigenvalue weighted by Crippen LogP contribution is 2.28. The highest BCUT2D eigenvalue weighted by molar-refractivity contribution is 6.04. The van der Waals surface area contributed by atoms with Gasteiger partial charge in [0.2, 0.25) is 5.91 Å². The third-order valence-corrected chi connectivity index (χ3v) is 4.61. The van der Waals surface area contributed by atoms with Crippen molar-refractivity contribution >= 4 is 17.7 Å². The summed E-state index contributed by atoms with van der Waals surface area (Å²) in [5.41, 5.74) is 2.41. The molecule has 2 aliphatic rings. The fourth-order valence-electron chi connectivity index (χ4n) is 3.17. The van der Waals surface area contributed by atoms with Crippen LogP contribution in [0.1, 0.15) is 52.0 Å². The van der Waals surface area contributed by atoms with E-state index in [1.54, 1.807) is 25.7 Å². The second-order valence-corrected chi connectivity index (χ2v) is 8.15. The summed E-state index contributed by atoms with van der Waals surface area (Å²) in [4.78, 5) is 24.8. The summed E-state index contributed by atoms with van der Waals surface area (Å²) in [7, 11) is 0. The van der Waals surface area contributed by atoms with Gasteiger partial charge in [-0.3, -0.25) is 4.79 Å². The number of amides is 2. The largest absolute Gasteiger partial charge is 0.484 e. The number of likely N-dealkylation sites (tertiary alicyclic amines) is 1. The monoisotopic (exact) mass is 409 g/mol. The summed E-state index contributed by atoms with van der Waals surface area (Å²) in [5, 5.41) is 3.85. The number of hydrazone groups is 1. The fraction of sp³-hybridized carbons (Fsp3) is 0.550. The van der Waals surface area contributed by atoms with Crippen LogP contribution in [0.4, 0.5) is 13.6 Å². The van der Waals surface area contributed by atoms with E-state index in [2.05, 4.69) is 10.5 Å². The van der Waals surface area contributed by atoms with Crippen molar-refractivity contribution in [3.8, 4) is 5.75 Å². The lowest BCUT2D eigenvalue weighted by Gasteiger charge is -2.33. The predicted octanol–water partition coefficient (Wildman–Crippen LogP) is 3.36. The van der Waals surface area contributed by atoms with Crippen molar-refractivity contribution in [1.82, 2.24) is 10.3 Å². The summed E-state index contributed by atoms with van der Waals surface area (Å²) in [6.07, 6.45) is 0.606. The van der Waals surface area contributed by atoms with Crippen molar-refractivity contribution < 1.29 is 27.8 Å². The maximum atomic E-state index is 14.5. The zero-order valence-corrected chi connectivity index (χ0v) is 16.8. The maximum Gasteiger partial charge on any atom is 0.410 e. The van der Waals surface area contributed by atoms with E-state index in [1.165, 1.54) is 0 Å². The number of rotatable bonds is 3. The minimum Gasteiger partial charge on any atom is -0.484 e. The quantitative estimate of drug-likeness (QED) is 0.830. The van der Waals surface area contributed by atoms with Crippen LogP contribution in [0.15, 0.2) is 17.2 Å². The summed E-state index contributed by atoms with van der Waals surface area (Å²) in [6.45, 7) is 6.16. The number of hydrogen-bond acceptors (Lipinski definition) is 5. The average molecular weight is 409 g/mol. The number of carbonyl (C=O) groups excluding carboxylic acids is 2. The van der Waals surface area contributed by atoms with Gasteiger partial charge in [0.15, 0.2) is 17.4 Å². The van der Waals surface area contributed by atoms with Gasteiger partial charge in [-0.1, -0.05) is 0 Å². The molecule has 1 aromatic carbocycles. The Labute approximate surface area is 168 Å². The third kappa shape index (κ3) is 5.42. The highest BCUT2D eigenvalue weighted by Gasteiger charge is 2.29. The first kappa shape index (κ1) is 21.0. The molecule has 3 rings (SSSR count). The predicted molar refractivity (Wildman–Crippen MR) is 102 cm³/mol. The molecule has 2 aliphatic heterocycles. The van der Waals surface area contributed by atoms with Crippen molar-refractivity contribution in [2.24, 2.45) is 5.10 Å². The molecule has 158 valence electrons. The van der Waals surface area contributed by atoms with Gasteiger partial charge in [0, 0.05) is 44.3 Å². The van der Waals surface area contributed by atoms with E-state index in [9.17, 15) is 18.4 Å². The Balaban J connectivity index is 1.61. The zero-order valence-electron chi connectivity index (χ0n) is 16.8. The minimum absolute atomic E-state index is 0.219. The van der Waals surface area contributed by atoms with E-state index >= 15 is 0 Å². The number of nitrogens with zero attached hydrogens (tertiary/aromatic N) is 2. The lowest BCUT2D eigenvalue weighted by Crippen LogP contribution is -2.44. The van der Waals surface area contributed by atoms with Crippen molar-refractivity contribution in [3.05, 3.63) is 29.3 Å². The topological polar surface area (TPSA) is 80.2 Å². The summed E-state index contributed by atoms with van der Waals surface area (Å²) >= 11 is 0. The molecule has 2 amide bonds. The van der Waals surface area contributed by atoms with Crippen molar-refractivity contribution in [1.29, 1.82) is 0 Å². The fourth-order valence-corrected chi connectivity index (χ4v) is 3.17. The Bertz CT molecular complexity index is 805. The Morgan fingerprint density at radius 2 is 1.79 bits per heavy atom. The number of halogens is 2. The number of nitrogens with one attached hydrogen (secondary N) is 1. The van der Waals surface area contributed by atoms with Gasteiger partial charge in [-0.25, -0.2) is 19.0 Å². The molecule has 2 heterocycles. The number of hydrogen-bond donors (Lipinski definition) is 1. The average Bonchev–Trinajstić information content (AvgIpc) is 2.64. The normalized spacial score (nSPS) is 18.2. The van der Waals surface area contributed by atoms with E-state index in [-0.39, 0.29) is 17.9 Å². The molecule has 0 unspecified atom stereocenters. The number of ether oxygens (including phenoxy) is 2. The van der Waals surface area contributed by atoms with Gasteiger partial charge in [0.05, 0.1) is 5.71 Å². The van der Waals surface area contributed by atoms with Crippen LogP contribution >= 0.6 is 0 Å². The van der Waals surface area contributed by atoms with Crippen LogP contribution in [0.2, 0.25) is 0 Å². The van der Waals surface area contributed by atoms with Gasteiger partial charge in [-0.2, -0.15) is 5.10 Å². The van der Waals surface area contributed by atoms with Crippen molar-refractivity contribution in [2.75, 3.05) is 13.1 Å². The molecule has 1 N–H and O–H groups in total. The van der Waals surface area contributed by atoms with Crippen LogP contribution in [0.3, 0.4) is 0 Å². The summed E-state index contributed by atoms with van der Waals surface area (Å²) in [6, 6.07) is 2.31. The molecule has 0 aliphatic carbocycles. The molecule has 0 radical (unpaired) electrons. The molecule has 0 bridgehead atoms. The molecule has 0 spiro atoms. The van der Waals surface area contributed by atoms with Gasteiger partial charge in [0.25, 0.3) is 0 Å². The Morgan fingerprint density at radius 3 is 2.31 bits per heavy atom. The van der Waals surface area contributed by atoms with Crippen LogP contribution in [0, 0.1) is 11.6 Å². The van der Waals surface area contributed by atoms with Crippen LogP contribution in [0.25, 0.3) is 0 Å². The van der Waals surface area contributed by atoms with Gasteiger partial charge in [-0.05, 0) is 32.9 Å². The second-order valence-electron chi connectivity index (χ2n) is 8.15. The summed E-state index contributed by atoms with van der Waals surface area (Å²) < 4.78 is 39.9. The van der Waals surface area contributed by atoms with E-state index in [1.807, 2.05) is 0 Å². The molecule has 7 nitrogen and oxygen atoms in total. The van der Waals surface area contributed by atoms with Crippen LogP contribution in [0.5, 0.6) is 5.75 Å². The van der Waals surface area contributed by atoms with E-state index < -0.39 is 35.2 Å². The maximum absolute atomic E-state index is 14.5. The number of benzene rings is 1.